The normalized spacial score (nSPS) is 10.3. The summed E-state index contributed by atoms with van der Waals surface area (Å²) in [6, 6.07) is 4.01. The lowest BCUT2D eigenvalue weighted by molar-refractivity contribution is 0.312. The maximum Gasteiger partial charge on any atom is 0.322 e. The molecule has 19 heavy (non-hydrogen) atoms. The number of rotatable bonds is 4. The van der Waals surface area contributed by atoms with Gasteiger partial charge in [0.05, 0.1) is 17.3 Å². The minimum absolute atomic E-state index is 0.0146. The zero-order valence-corrected chi connectivity index (χ0v) is 11.3. The van der Waals surface area contributed by atoms with Crippen molar-refractivity contribution in [2.45, 2.75) is 6.92 Å². The van der Waals surface area contributed by atoms with Gasteiger partial charge in [0.15, 0.2) is 0 Å². The molecule has 0 spiro atoms. The Hall–Kier alpha value is -1.66. The van der Waals surface area contributed by atoms with Crippen molar-refractivity contribution in [3.63, 3.8) is 0 Å². The standard InChI is InChI=1S/C11H9Cl2FN4O/c1-2-19-11-17-9(13)16-10(18-11)15-8-4-3-6(14)5-7(8)12/h3-5H,2H2,1H3,(H,15,16,17,18). The van der Waals surface area contributed by atoms with Crippen LogP contribution in [0.1, 0.15) is 6.92 Å². The van der Waals surface area contributed by atoms with Crippen LogP contribution in [0.3, 0.4) is 0 Å². The SMILES string of the molecule is CCOc1nc(Cl)nc(Nc2ccc(F)cc2Cl)n1. The van der Waals surface area contributed by atoms with Crippen molar-refractivity contribution in [2.75, 3.05) is 11.9 Å². The number of halogens is 3. The van der Waals surface area contributed by atoms with Gasteiger partial charge in [-0.05, 0) is 36.7 Å². The Balaban J connectivity index is 2.27. The molecule has 0 saturated carbocycles. The summed E-state index contributed by atoms with van der Waals surface area (Å²) in [5.41, 5.74) is 0.452. The fourth-order valence-corrected chi connectivity index (χ4v) is 1.66. The number of anilines is 2. The number of ether oxygens (including phenoxy) is 1. The highest BCUT2D eigenvalue weighted by molar-refractivity contribution is 6.33. The van der Waals surface area contributed by atoms with E-state index < -0.39 is 5.82 Å². The molecule has 0 aliphatic rings. The topological polar surface area (TPSA) is 59.9 Å². The number of benzene rings is 1. The lowest BCUT2D eigenvalue weighted by Crippen LogP contribution is -2.04. The van der Waals surface area contributed by atoms with E-state index in [0.717, 1.165) is 0 Å². The van der Waals surface area contributed by atoms with Gasteiger partial charge in [-0.15, -0.1) is 0 Å². The fourth-order valence-electron chi connectivity index (χ4n) is 1.29. The van der Waals surface area contributed by atoms with Gasteiger partial charge in [0.25, 0.3) is 0 Å². The van der Waals surface area contributed by atoms with Gasteiger partial charge in [-0.25, -0.2) is 4.39 Å². The molecule has 100 valence electrons. The van der Waals surface area contributed by atoms with Crippen molar-refractivity contribution in [1.29, 1.82) is 0 Å². The quantitative estimate of drug-likeness (QED) is 0.937. The van der Waals surface area contributed by atoms with Crippen LogP contribution < -0.4 is 10.1 Å². The third-order valence-electron chi connectivity index (χ3n) is 2.04. The molecule has 0 aliphatic carbocycles. The summed E-state index contributed by atoms with van der Waals surface area (Å²) in [7, 11) is 0. The maximum absolute atomic E-state index is 12.9. The van der Waals surface area contributed by atoms with Crippen LogP contribution in [0.15, 0.2) is 18.2 Å². The van der Waals surface area contributed by atoms with Gasteiger partial charge in [-0.1, -0.05) is 11.6 Å². The summed E-state index contributed by atoms with van der Waals surface area (Å²) < 4.78 is 18.1. The van der Waals surface area contributed by atoms with Crippen LogP contribution in [0.25, 0.3) is 0 Å². The van der Waals surface area contributed by atoms with Gasteiger partial charge in [0, 0.05) is 0 Å². The van der Waals surface area contributed by atoms with Crippen LogP contribution in [-0.4, -0.2) is 21.6 Å². The van der Waals surface area contributed by atoms with E-state index in [1.165, 1.54) is 18.2 Å². The Morgan fingerprint density at radius 3 is 2.74 bits per heavy atom. The zero-order chi connectivity index (χ0) is 13.8. The van der Waals surface area contributed by atoms with E-state index in [4.69, 9.17) is 27.9 Å². The van der Waals surface area contributed by atoms with Crippen molar-refractivity contribution in [3.05, 3.63) is 34.3 Å². The molecule has 0 saturated heterocycles. The van der Waals surface area contributed by atoms with Crippen LogP contribution in [0.5, 0.6) is 6.01 Å². The molecule has 2 aromatic rings. The van der Waals surface area contributed by atoms with Crippen molar-refractivity contribution < 1.29 is 9.13 Å². The third kappa shape index (κ3) is 3.65. The molecule has 2 rings (SSSR count). The van der Waals surface area contributed by atoms with Crippen molar-refractivity contribution in [2.24, 2.45) is 0 Å². The Kier molecular flexibility index (Phi) is 4.34. The van der Waals surface area contributed by atoms with E-state index >= 15 is 0 Å². The van der Waals surface area contributed by atoms with E-state index in [-0.39, 0.29) is 22.3 Å². The molecule has 8 heteroatoms. The second kappa shape index (κ2) is 5.99. The number of hydrogen-bond donors (Lipinski definition) is 1. The molecule has 0 aliphatic heterocycles. The Morgan fingerprint density at radius 1 is 1.26 bits per heavy atom. The molecular weight excluding hydrogens is 294 g/mol. The first-order chi connectivity index (χ1) is 9.08. The largest absolute Gasteiger partial charge is 0.464 e. The first kappa shape index (κ1) is 13.8. The monoisotopic (exact) mass is 302 g/mol. The number of hydrogen-bond acceptors (Lipinski definition) is 5. The van der Waals surface area contributed by atoms with Gasteiger partial charge in [0.1, 0.15) is 5.82 Å². The maximum atomic E-state index is 12.9. The van der Waals surface area contributed by atoms with Crippen molar-refractivity contribution >= 4 is 34.8 Å². The van der Waals surface area contributed by atoms with Gasteiger partial charge < -0.3 is 10.1 Å². The predicted octanol–water partition coefficient (Wildman–Crippen LogP) is 3.46. The predicted molar refractivity (Wildman–Crippen MR) is 70.7 cm³/mol. The fraction of sp³-hybridized carbons (Fsp3) is 0.182. The number of nitrogens with one attached hydrogen (secondary N) is 1. The van der Waals surface area contributed by atoms with Gasteiger partial charge in [-0.2, -0.15) is 15.0 Å². The molecule has 0 amide bonds. The van der Waals surface area contributed by atoms with Crippen LogP contribution in [0.2, 0.25) is 10.3 Å². The first-order valence-electron chi connectivity index (χ1n) is 5.35. The zero-order valence-electron chi connectivity index (χ0n) is 9.82. The average molecular weight is 303 g/mol. The Bertz CT molecular complexity index is 597. The molecule has 1 heterocycles. The van der Waals surface area contributed by atoms with Crippen LogP contribution in [0.4, 0.5) is 16.0 Å². The highest BCUT2D eigenvalue weighted by Gasteiger charge is 2.08. The van der Waals surface area contributed by atoms with E-state index in [2.05, 4.69) is 20.3 Å². The Morgan fingerprint density at radius 2 is 2.05 bits per heavy atom. The van der Waals surface area contributed by atoms with Crippen LogP contribution in [0, 0.1) is 5.82 Å². The van der Waals surface area contributed by atoms with Gasteiger partial charge in [-0.3, -0.25) is 0 Å². The van der Waals surface area contributed by atoms with E-state index in [1.54, 1.807) is 6.92 Å². The summed E-state index contributed by atoms with van der Waals surface area (Å²) in [5, 5.41) is 3.00. The minimum atomic E-state index is -0.431. The lowest BCUT2D eigenvalue weighted by Gasteiger charge is -2.08. The highest BCUT2D eigenvalue weighted by Crippen LogP contribution is 2.25. The van der Waals surface area contributed by atoms with Crippen molar-refractivity contribution in [1.82, 2.24) is 15.0 Å². The highest BCUT2D eigenvalue weighted by atomic mass is 35.5. The summed E-state index contributed by atoms with van der Waals surface area (Å²) >= 11 is 11.6. The Labute approximate surface area is 118 Å². The molecule has 0 fully saturated rings. The summed E-state index contributed by atoms with van der Waals surface area (Å²) in [5.74, 6) is -0.267. The lowest BCUT2D eigenvalue weighted by atomic mass is 10.3. The van der Waals surface area contributed by atoms with E-state index in [9.17, 15) is 4.39 Å². The smallest absolute Gasteiger partial charge is 0.322 e. The molecule has 0 bridgehead atoms. The molecule has 0 radical (unpaired) electrons. The van der Waals surface area contributed by atoms with Gasteiger partial charge >= 0.3 is 6.01 Å². The third-order valence-corrected chi connectivity index (χ3v) is 2.52. The van der Waals surface area contributed by atoms with Crippen molar-refractivity contribution in [3.8, 4) is 6.01 Å². The number of nitrogens with zero attached hydrogens (tertiary/aromatic N) is 3. The van der Waals surface area contributed by atoms with Crippen LogP contribution >= 0.6 is 23.2 Å². The molecule has 1 aromatic heterocycles. The van der Waals surface area contributed by atoms with Gasteiger partial charge in [0.2, 0.25) is 11.2 Å². The molecule has 5 nitrogen and oxygen atoms in total. The molecule has 1 aromatic carbocycles. The molecule has 1 N–H and O–H groups in total. The van der Waals surface area contributed by atoms with E-state index in [1.807, 2.05) is 0 Å². The minimum Gasteiger partial charge on any atom is -0.464 e. The number of aromatic nitrogens is 3. The molecular formula is C11H9Cl2FN4O. The second-order valence-corrected chi connectivity index (χ2v) is 4.14. The summed E-state index contributed by atoms with van der Waals surface area (Å²) in [6.45, 7) is 2.19. The summed E-state index contributed by atoms with van der Waals surface area (Å²) in [6.07, 6.45) is 0. The van der Waals surface area contributed by atoms with Crippen LogP contribution in [-0.2, 0) is 0 Å². The summed E-state index contributed by atoms with van der Waals surface area (Å²) in [4.78, 5) is 11.7. The molecule has 0 atom stereocenters. The molecule has 0 unspecified atom stereocenters. The first-order valence-corrected chi connectivity index (χ1v) is 6.10. The average Bonchev–Trinajstić information content (AvgIpc) is 2.32. The second-order valence-electron chi connectivity index (χ2n) is 3.39. The van der Waals surface area contributed by atoms with E-state index in [0.29, 0.717) is 12.3 Å².